The molecule has 3 fully saturated rings. The first-order chi connectivity index (χ1) is 11.3. The number of carbonyl (C=O) groups excluding carboxylic acids is 1. The second-order valence-corrected chi connectivity index (χ2v) is 7.60. The van der Waals surface area contributed by atoms with E-state index < -0.39 is 0 Å². The molecule has 132 valence electrons. The van der Waals surface area contributed by atoms with Gasteiger partial charge in [0.05, 0.1) is 0 Å². The van der Waals surface area contributed by atoms with Gasteiger partial charge in [-0.25, -0.2) is 0 Å². The van der Waals surface area contributed by atoms with Crippen molar-refractivity contribution in [3.8, 4) is 0 Å². The van der Waals surface area contributed by atoms with Crippen molar-refractivity contribution in [3.63, 3.8) is 0 Å². The van der Waals surface area contributed by atoms with Crippen molar-refractivity contribution in [3.05, 3.63) is 30.3 Å². The highest BCUT2D eigenvalue weighted by molar-refractivity contribution is 5.93. The zero-order chi connectivity index (χ0) is 15.8. The summed E-state index contributed by atoms with van der Waals surface area (Å²) in [5.41, 5.74) is 1.08. The van der Waals surface area contributed by atoms with Crippen molar-refractivity contribution >= 4 is 24.0 Å². The van der Waals surface area contributed by atoms with Gasteiger partial charge in [0.2, 0.25) is 5.91 Å². The van der Waals surface area contributed by atoms with E-state index in [9.17, 15) is 4.79 Å². The summed E-state index contributed by atoms with van der Waals surface area (Å²) < 4.78 is 0. The van der Waals surface area contributed by atoms with Crippen LogP contribution in [0.2, 0.25) is 0 Å². The third kappa shape index (κ3) is 3.48. The molecule has 24 heavy (non-hydrogen) atoms. The fourth-order valence-corrected chi connectivity index (χ4v) is 4.67. The molecule has 4 rings (SSSR count). The van der Waals surface area contributed by atoms with Gasteiger partial charge < -0.3 is 4.90 Å². The van der Waals surface area contributed by atoms with Crippen molar-refractivity contribution in [2.75, 3.05) is 11.4 Å². The maximum Gasteiger partial charge on any atom is 0.226 e. The van der Waals surface area contributed by atoms with Crippen molar-refractivity contribution in [1.82, 2.24) is 4.90 Å². The lowest BCUT2D eigenvalue weighted by Crippen LogP contribution is -2.52. The summed E-state index contributed by atoms with van der Waals surface area (Å²) in [7, 11) is 0. The van der Waals surface area contributed by atoms with E-state index in [-0.39, 0.29) is 18.3 Å². The highest BCUT2D eigenvalue weighted by Crippen LogP contribution is 2.42. The maximum atomic E-state index is 12.6. The van der Waals surface area contributed by atoms with E-state index in [2.05, 4.69) is 21.9 Å². The first-order valence-electron chi connectivity index (χ1n) is 9.39. The number of piperidine rings is 1. The Morgan fingerprint density at radius 1 is 1.08 bits per heavy atom. The molecular formula is C20H29ClN2O. The van der Waals surface area contributed by atoms with E-state index in [1.807, 2.05) is 25.1 Å². The number of nitrogens with zero attached hydrogens (tertiary/aromatic N) is 2. The van der Waals surface area contributed by atoms with Gasteiger partial charge in [-0.15, -0.1) is 12.4 Å². The molecule has 3 aliphatic rings. The minimum atomic E-state index is 0. The summed E-state index contributed by atoms with van der Waals surface area (Å²) in [4.78, 5) is 17.5. The Bertz CT molecular complexity index is 546. The lowest BCUT2D eigenvalue weighted by atomic mass is 9.94. The fraction of sp³-hybridized carbons (Fsp3) is 0.650. The van der Waals surface area contributed by atoms with Crippen LogP contribution < -0.4 is 4.90 Å². The van der Waals surface area contributed by atoms with Gasteiger partial charge in [0.25, 0.3) is 0 Å². The molecule has 0 aromatic heterocycles. The van der Waals surface area contributed by atoms with Crippen LogP contribution in [0.3, 0.4) is 0 Å². The standard InChI is InChI=1S/C20H28N2O.ClH/c1-2-20(23)22(16-6-4-3-5-7-16)19-12-17-10-11-18(13-19)21(17)14-15-8-9-15;/h3-7,15,17-19H,2,8-14H2,1H3;1H/t17-,18+,19?;. The van der Waals surface area contributed by atoms with Gasteiger partial charge >= 0.3 is 0 Å². The predicted molar refractivity (Wildman–Crippen MR) is 101 cm³/mol. The summed E-state index contributed by atoms with van der Waals surface area (Å²) in [6, 6.07) is 12.1. The number of hydrogen-bond donors (Lipinski definition) is 0. The molecule has 0 spiro atoms. The molecule has 1 unspecified atom stereocenters. The van der Waals surface area contributed by atoms with Crippen molar-refractivity contribution in [2.24, 2.45) is 5.92 Å². The molecule has 1 amide bonds. The highest BCUT2D eigenvalue weighted by Gasteiger charge is 2.44. The van der Waals surface area contributed by atoms with Gasteiger partial charge in [0.1, 0.15) is 0 Å². The zero-order valence-electron chi connectivity index (χ0n) is 14.6. The van der Waals surface area contributed by atoms with E-state index in [1.54, 1.807) is 0 Å². The Kier molecular flexibility index (Phi) is 5.51. The van der Waals surface area contributed by atoms with Crippen LogP contribution in [0.15, 0.2) is 30.3 Å². The van der Waals surface area contributed by atoms with Gasteiger partial charge in [-0.05, 0) is 56.6 Å². The van der Waals surface area contributed by atoms with E-state index >= 15 is 0 Å². The third-order valence-corrected chi connectivity index (χ3v) is 6.00. The summed E-state index contributed by atoms with van der Waals surface area (Å²) >= 11 is 0. The number of amides is 1. The van der Waals surface area contributed by atoms with Crippen LogP contribution in [0.25, 0.3) is 0 Å². The molecule has 2 aliphatic heterocycles. The van der Waals surface area contributed by atoms with Crippen LogP contribution in [-0.4, -0.2) is 35.5 Å². The fourth-order valence-electron chi connectivity index (χ4n) is 4.67. The first-order valence-corrected chi connectivity index (χ1v) is 9.39. The van der Waals surface area contributed by atoms with Crippen molar-refractivity contribution < 1.29 is 4.79 Å². The second kappa shape index (κ2) is 7.45. The molecule has 2 saturated heterocycles. The molecule has 1 aromatic rings. The number of anilines is 1. The molecule has 2 bridgehead atoms. The Morgan fingerprint density at radius 3 is 2.25 bits per heavy atom. The van der Waals surface area contributed by atoms with Crippen LogP contribution in [0.4, 0.5) is 5.69 Å². The molecule has 0 N–H and O–H groups in total. The number of carbonyl (C=O) groups is 1. The highest BCUT2D eigenvalue weighted by atomic mass is 35.5. The number of rotatable bonds is 5. The maximum absolute atomic E-state index is 12.6. The number of halogens is 1. The number of para-hydroxylation sites is 1. The molecule has 1 saturated carbocycles. The first kappa shape index (κ1) is 17.8. The normalized spacial score (nSPS) is 29.1. The Balaban J connectivity index is 0.00000169. The molecular weight excluding hydrogens is 320 g/mol. The summed E-state index contributed by atoms with van der Waals surface area (Å²) in [6.45, 7) is 3.30. The van der Waals surface area contributed by atoms with Crippen molar-refractivity contribution in [1.29, 1.82) is 0 Å². The smallest absolute Gasteiger partial charge is 0.226 e. The molecule has 1 aliphatic carbocycles. The van der Waals surface area contributed by atoms with E-state index in [1.165, 1.54) is 32.2 Å². The Labute approximate surface area is 151 Å². The second-order valence-electron chi connectivity index (χ2n) is 7.60. The molecule has 2 heterocycles. The van der Waals surface area contributed by atoms with E-state index in [4.69, 9.17) is 0 Å². The monoisotopic (exact) mass is 348 g/mol. The van der Waals surface area contributed by atoms with Gasteiger partial charge in [0, 0.05) is 36.8 Å². The van der Waals surface area contributed by atoms with Crippen LogP contribution in [0, 0.1) is 5.92 Å². The number of benzene rings is 1. The zero-order valence-corrected chi connectivity index (χ0v) is 15.4. The predicted octanol–water partition coefficient (Wildman–Crippen LogP) is 4.26. The third-order valence-electron chi connectivity index (χ3n) is 6.00. The Morgan fingerprint density at radius 2 is 1.71 bits per heavy atom. The lowest BCUT2D eigenvalue weighted by Gasteiger charge is -2.43. The quantitative estimate of drug-likeness (QED) is 0.793. The topological polar surface area (TPSA) is 23.6 Å². The molecule has 3 nitrogen and oxygen atoms in total. The summed E-state index contributed by atoms with van der Waals surface area (Å²) in [5.74, 6) is 1.24. The lowest BCUT2D eigenvalue weighted by molar-refractivity contribution is -0.119. The molecule has 1 aromatic carbocycles. The van der Waals surface area contributed by atoms with Gasteiger partial charge in [-0.1, -0.05) is 25.1 Å². The van der Waals surface area contributed by atoms with Crippen LogP contribution in [0.1, 0.15) is 51.9 Å². The largest absolute Gasteiger partial charge is 0.309 e. The van der Waals surface area contributed by atoms with Crippen LogP contribution in [-0.2, 0) is 4.79 Å². The molecule has 0 radical (unpaired) electrons. The molecule has 3 atom stereocenters. The van der Waals surface area contributed by atoms with Gasteiger partial charge in [0.15, 0.2) is 0 Å². The van der Waals surface area contributed by atoms with Crippen molar-refractivity contribution in [2.45, 2.75) is 70.0 Å². The summed E-state index contributed by atoms with van der Waals surface area (Å²) in [5, 5.41) is 0. The average Bonchev–Trinajstić information content (AvgIpc) is 3.35. The van der Waals surface area contributed by atoms with Gasteiger partial charge in [-0.2, -0.15) is 0 Å². The van der Waals surface area contributed by atoms with E-state index in [0.29, 0.717) is 24.5 Å². The number of fused-ring (bicyclic) bond motifs is 2. The summed E-state index contributed by atoms with van der Waals surface area (Å²) in [6.07, 6.45) is 8.43. The Hall–Kier alpha value is -1.06. The minimum Gasteiger partial charge on any atom is -0.309 e. The van der Waals surface area contributed by atoms with Crippen LogP contribution >= 0.6 is 12.4 Å². The number of hydrogen-bond acceptors (Lipinski definition) is 2. The average molecular weight is 349 g/mol. The minimum absolute atomic E-state index is 0. The van der Waals surface area contributed by atoms with Crippen LogP contribution in [0.5, 0.6) is 0 Å². The van der Waals surface area contributed by atoms with E-state index in [0.717, 1.165) is 24.4 Å². The van der Waals surface area contributed by atoms with Gasteiger partial charge in [-0.3, -0.25) is 9.69 Å². The SMILES string of the molecule is CCC(=O)N(c1ccccc1)C1C[C@H]2CC[C@@H](C1)N2CC1CC1.Cl. The molecule has 4 heteroatoms.